The standard InChI is InChI=1S/C15H12BrClO4/c1-20-12-6-5-10(14(21-2)13(12)16)9-4-3-8(15(18)19)7-11(9)17/h3-7H,1-2H3,(H,18,19). The molecule has 0 atom stereocenters. The summed E-state index contributed by atoms with van der Waals surface area (Å²) in [6, 6.07) is 8.16. The first-order valence-electron chi connectivity index (χ1n) is 5.93. The number of aromatic carboxylic acids is 1. The Morgan fingerprint density at radius 3 is 2.33 bits per heavy atom. The molecule has 4 nitrogen and oxygen atoms in total. The fourth-order valence-corrected chi connectivity index (χ4v) is 2.93. The van der Waals surface area contributed by atoms with Crippen LogP contribution in [0.5, 0.6) is 11.5 Å². The third-order valence-electron chi connectivity index (χ3n) is 2.99. The highest BCUT2D eigenvalue weighted by Gasteiger charge is 2.17. The van der Waals surface area contributed by atoms with Crippen LogP contribution in [0.3, 0.4) is 0 Å². The smallest absolute Gasteiger partial charge is 0.335 e. The highest BCUT2D eigenvalue weighted by atomic mass is 79.9. The van der Waals surface area contributed by atoms with Gasteiger partial charge in [0.2, 0.25) is 0 Å². The van der Waals surface area contributed by atoms with E-state index in [-0.39, 0.29) is 5.56 Å². The van der Waals surface area contributed by atoms with E-state index in [9.17, 15) is 4.79 Å². The van der Waals surface area contributed by atoms with Crippen molar-refractivity contribution in [1.29, 1.82) is 0 Å². The molecular weight excluding hydrogens is 360 g/mol. The molecule has 2 aromatic rings. The minimum absolute atomic E-state index is 0.135. The summed E-state index contributed by atoms with van der Waals surface area (Å²) < 4.78 is 11.3. The Kier molecular flexibility index (Phi) is 4.75. The van der Waals surface area contributed by atoms with Crippen molar-refractivity contribution in [3.63, 3.8) is 0 Å². The Morgan fingerprint density at radius 2 is 1.81 bits per heavy atom. The Labute approximate surface area is 135 Å². The lowest BCUT2D eigenvalue weighted by molar-refractivity contribution is 0.0697. The van der Waals surface area contributed by atoms with Crippen molar-refractivity contribution in [3.05, 3.63) is 45.4 Å². The monoisotopic (exact) mass is 370 g/mol. The number of carbonyl (C=O) groups is 1. The summed E-state index contributed by atoms with van der Waals surface area (Å²) in [5.74, 6) is 0.180. The number of methoxy groups -OCH3 is 2. The molecule has 110 valence electrons. The van der Waals surface area contributed by atoms with Gasteiger partial charge in [0.05, 0.1) is 19.8 Å². The number of carboxylic acid groups (broad SMARTS) is 1. The molecule has 0 amide bonds. The summed E-state index contributed by atoms with van der Waals surface area (Å²) in [5, 5.41) is 9.31. The topological polar surface area (TPSA) is 55.8 Å². The van der Waals surface area contributed by atoms with Gasteiger partial charge in [0.15, 0.2) is 0 Å². The maximum absolute atomic E-state index is 11.0. The summed E-state index contributed by atoms with van der Waals surface area (Å²) in [4.78, 5) is 11.0. The molecule has 2 aromatic carbocycles. The lowest BCUT2D eigenvalue weighted by Crippen LogP contribution is -1.97. The molecule has 1 N–H and O–H groups in total. The zero-order chi connectivity index (χ0) is 15.6. The zero-order valence-electron chi connectivity index (χ0n) is 11.3. The zero-order valence-corrected chi connectivity index (χ0v) is 13.7. The molecular formula is C15H12BrClO4. The molecule has 0 saturated heterocycles. The Hall–Kier alpha value is -1.72. The molecule has 0 radical (unpaired) electrons. The summed E-state index contributed by atoms with van der Waals surface area (Å²) in [6.07, 6.45) is 0. The summed E-state index contributed by atoms with van der Waals surface area (Å²) in [6.45, 7) is 0. The van der Waals surface area contributed by atoms with Gasteiger partial charge in [-0.25, -0.2) is 4.79 Å². The van der Waals surface area contributed by atoms with Crippen LogP contribution in [0.4, 0.5) is 0 Å². The number of halogens is 2. The van der Waals surface area contributed by atoms with Gasteiger partial charge in [0.25, 0.3) is 0 Å². The minimum atomic E-state index is -1.02. The van der Waals surface area contributed by atoms with Gasteiger partial charge < -0.3 is 14.6 Å². The van der Waals surface area contributed by atoms with E-state index in [1.807, 2.05) is 6.07 Å². The van der Waals surface area contributed by atoms with Crippen molar-refractivity contribution in [2.45, 2.75) is 0 Å². The van der Waals surface area contributed by atoms with Gasteiger partial charge in [-0.3, -0.25) is 0 Å². The Balaban J connectivity index is 2.62. The highest BCUT2D eigenvalue weighted by Crippen LogP contribution is 2.43. The number of rotatable bonds is 4. The van der Waals surface area contributed by atoms with Crippen LogP contribution in [0, 0.1) is 0 Å². The molecule has 6 heteroatoms. The van der Waals surface area contributed by atoms with E-state index >= 15 is 0 Å². The molecule has 0 aromatic heterocycles. The van der Waals surface area contributed by atoms with Crippen LogP contribution in [0.15, 0.2) is 34.8 Å². The van der Waals surface area contributed by atoms with Gasteiger partial charge in [-0.15, -0.1) is 0 Å². The Bertz CT molecular complexity index is 700. The maximum atomic E-state index is 11.0. The van der Waals surface area contributed by atoms with Crippen molar-refractivity contribution in [2.75, 3.05) is 14.2 Å². The van der Waals surface area contributed by atoms with E-state index in [2.05, 4.69) is 15.9 Å². The van der Waals surface area contributed by atoms with Crippen molar-refractivity contribution < 1.29 is 19.4 Å². The van der Waals surface area contributed by atoms with Crippen LogP contribution >= 0.6 is 27.5 Å². The second kappa shape index (κ2) is 6.37. The molecule has 0 aliphatic rings. The molecule has 0 saturated carbocycles. The number of carboxylic acids is 1. The van der Waals surface area contributed by atoms with Gasteiger partial charge in [-0.2, -0.15) is 0 Å². The van der Waals surface area contributed by atoms with E-state index in [1.54, 1.807) is 26.4 Å². The molecule has 0 unspecified atom stereocenters. The molecule has 0 bridgehead atoms. The van der Waals surface area contributed by atoms with Crippen molar-refractivity contribution >= 4 is 33.5 Å². The first-order valence-corrected chi connectivity index (χ1v) is 7.10. The molecule has 0 heterocycles. The largest absolute Gasteiger partial charge is 0.495 e. The summed E-state index contributed by atoms with van der Waals surface area (Å²) in [7, 11) is 3.11. The predicted octanol–water partition coefficient (Wildman–Crippen LogP) is 4.48. The lowest BCUT2D eigenvalue weighted by atomic mass is 10.0. The van der Waals surface area contributed by atoms with Gasteiger partial charge in [-0.1, -0.05) is 17.7 Å². The van der Waals surface area contributed by atoms with Gasteiger partial charge >= 0.3 is 5.97 Å². The lowest BCUT2D eigenvalue weighted by Gasteiger charge is -2.14. The Morgan fingerprint density at radius 1 is 1.14 bits per heavy atom. The van der Waals surface area contributed by atoms with E-state index in [1.165, 1.54) is 12.1 Å². The fraction of sp³-hybridized carbons (Fsp3) is 0.133. The average Bonchev–Trinajstić information content (AvgIpc) is 2.46. The van der Waals surface area contributed by atoms with E-state index < -0.39 is 5.97 Å². The summed E-state index contributed by atoms with van der Waals surface area (Å²) in [5.41, 5.74) is 1.56. The number of benzene rings is 2. The van der Waals surface area contributed by atoms with Crippen molar-refractivity contribution in [3.8, 4) is 22.6 Å². The number of hydrogen-bond donors (Lipinski definition) is 1. The normalized spacial score (nSPS) is 10.3. The molecule has 2 rings (SSSR count). The van der Waals surface area contributed by atoms with Crippen LogP contribution in [0.25, 0.3) is 11.1 Å². The molecule has 0 fully saturated rings. The average molecular weight is 372 g/mol. The van der Waals surface area contributed by atoms with Crippen LogP contribution < -0.4 is 9.47 Å². The molecule has 0 spiro atoms. The third-order valence-corrected chi connectivity index (χ3v) is 4.06. The molecule has 0 aliphatic heterocycles. The number of hydrogen-bond acceptors (Lipinski definition) is 3. The highest BCUT2D eigenvalue weighted by molar-refractivity contribution is 9.10. The van der Waals surface area contributed by atoms with Gasteiger partial charge in [0.1, 0.15) is 16.0 Å². The van der Waals surface area contributed by atoms with Gasteiger partial charge in [0, 0.05) is 16.1 Å². The SMILES string of the molecule is COc1ccc(-c2ccc(C(=O)O)cc2Cl)c(OC)c1Br. The van der Waals surface area contributed by atoms with Crippen molar-refractivity contribution in [2.24, 2.45) is 0 Å². The first kappa shape index (κ1) is 15.7. The quantitative estimate of drug-likeness (QED) is 0.860. The van der Waals surface area contributed by atoms with Crippen LogP contribution in [-0.2, 0) is 0 Å². The summed E-state index contributed by atoms with van der Waals surface area (Å²) >= 11 is 9.62. The van der Waals surface area contributed by atoms with Crippen LogP contribution in [0.1, 0.15) is 10.4 Å². The first-order chi connectivity index (χ1) is 9.99. The molecule has 0 aliphatic carbocycles. The van der Waals surface area contributed by atoms with Crippen LogP contribution in [0.2, 0.25) is 5.02 Å². The number of ether oxygens (including phenoxy) is 2. The second-order valence-electron chi connectivity index (χ2n) is 4.16. The van der Waals surface area contributed by atoms with Crippen molar-refractivity contribution in [1.82, 2.24) is 0 Å². The van der Waals surface area contributed by atoms with E-state index in [4.69, 9.17) is 26.2 Å². The second-order valence-corrected chi connectivity index (χ2v) is 5.36. The van der Waals surface area contributed by atoms with Crippen LogP contribution in [-0.4, -0.2) is 25.3 Å². The minimum Gasteiger partial charge on any atom is -0.495 e. The predicted molar refractivity (Wildman–Crippen MR) is 84.7 cm³/mol. The van der Waals surface area contributed by atoms with Gasteiger partial charge in [-0.05, 0) is 40.2 Å². The van der Waals surface area contributed by atoms with E-state index in [0.29, 0.717) is 26.6 Å². The maximum Gasteiger partial charge on any atom is 0.335 e. The van der Waals surface area contributed by atoms with E-state index in [0.717, 1.165) is 5.56 Å². The molecule has 21 heavy (non-hydrogen) atoms. The third kappa shape index (κ3) is 2.99. The fourth-order valence-electron chi connectivity index (χ4n) is 1.97.